The first-order chi connectivity index (χ1) is 8.59. The van der Waals surface area contributed by atoms with Crippen molar-refractivity contribution >= 4 is 29.4 Å². The topological polar surface area (TPSA) is 72.6 Å². The minimum absolute atomic E-state index is 0.208. The van der Waals surface area contributed by atoms with Crippen LogP contribution < -0.4 is 5.73 Å². The Balaban J connectivity index is 1.97. The van der Waals surface area contributed by atoms with Gasteiger partial charge in [-0.05, 0) is 24.6 Å². The molecule has 0 saturated carbocycles. The van der Waals surface area contributed by atoms with Crippen molar-refractivity contribution in [3.8, 4) is 0 Å². The van der Waals surface area contributed by atoms with Gasteiger partial charge in [-0.25, -0.2) is 9.69 Å². The first kappa shape index (κ1) is 12.8. The molecule has 2 N–H and O–H groups in total. The van der Waals surface area contributed by atoms with Crippen LogP contribution in [0.3, 0.4) is 0 Å². The summed E-state index contributed by atoms with van der Waals surface area (Å²) >= 11 is 1.38. The quantitative estimate of drug-likeness (QED) is 0.665. The fourth-order valence-electron chi connectivity index (χ4n) is 1.63. The molecule has 0 atom stereocenters. The van der Waals surface area contributed by atoms with Gasteiger partial charge in [0.1, 0.15) is 6.61 Å². The van der Waals surface area contributed by atoms with Crippen molar-refractivity contribution in [3.05, 3.63) is 23.8 Å². The van der Waals surface area contributed by atoms with E-state index >= 15 is 0 Å². The number of hydrogen-bond donors (Lipinski definition) is 1. The first-order valence-corrected chi connectivity index (χ1v) is 6.53. The average molecular weight is 266 g/mol. The zero-order valence-corrected chi connectivity index (χ0v) is 10.8. The van der Waals surface area contributed by atoms with Gasteiger partial charge >= 0.3 is 6.09 Å². The van der Waals surface area contributed by atoms with Gasteiger partial charge in [-0.15, -0.1) is 11.8 Å². The van der Waals surface area contributed by atoms with E-state index in [4.69, 9.17) is 10.5 Å². The van der Waals surface area contributed by atoms with Gasteiger partial charge in [0, 0.05) is 10.6 Å². The lowest BCUT2D eigenvalue weighted by atomic mass is 10.2. The molecule has 1 aromatic carbocycles. The first-order valence-electron chi connectivity index (χ1n) is 5.54. The Bertz CT molecular complexity index is 490. The zero-order valence-electron chi connectivity index (χ0n) is 10.0. The molecule has 5 nitrogen and oxygen atoms in total. The molecule has 0 aromatic heterocycles. The lowest BCUT2D eigenvalue weighted by molar-refractivity contribution is -0.124. The zero-order chi connectivity index (χ0) is 13.1. The number of carbonyl (C=O) groups excluding carboxylic acids is 2. The van der Waals surface area contributed by atoms with Crippen molar-refractivity contribution in [2.75, 3.05) is 24.6 Å². The second-order valence-electron chi connectivity index (χ2n) is 3.92. The van der Waals surface area contributed by atoms with Crippen molar-refractivity contribution in [2.45, 2.75) is 11.8 Å². The maximum atomic E-state index is 11.8. The van der Waals surface area contributed by atoms with E-state index in [1.807, 2.05) is 25.1 Å². The van der Waals surface area contributed by atoms with E-state index in [1.54, 1.807) is 0 Å². The Kier molecular flexibility index (Phi) is 3.76. The number of rotatable bonds is 3. The summed E-state index contributed by atoms with van der Waals surface area (Å²) < 4.78 is 4.72. The highest BCUT2D eigenvalue weighted by Crippen LogP contribution is 2.26. The van der Waals surface area contributed by atoms with Gasteiger partial charge in [0.15, 0.2) is 0 Å². The van der Waals surface area contributed by atoms with E-state index in [0.717, 1.165) is 15.4 Å². The Morgan fingerprint density at radius 1 is 1.56 bits per heavy atom. The lowest BCUT2D eigenvalue weighted by Gasteiger charge is -2.11. The number of thioether (sulfide) groups is 1. The van der Waals surface area contributed by atoms with Crippen LogP contribution in [0.4, 0.5) is 10.5 Å². The summed E-state index contributed by atoms with van der Waals surface area (Å²) in [6, 6.07) is 5.57. The van der Waals surface area contributed by atoms with Crippen LogP contribution in [0, 0.1) is 6.92 Å². The molecule has 96 valence electrons. The van der Waals surface area contributed by atoms with Crippen molar-refractivity contribution in [3.63, 3.8) is 0 Å². The summed E-state index contributed by atoms with van der Waals surface area (Å²) in [7, 11) is 0. The van der Waals surface area contributed by atoms with Crippen LogP contribution in [0.15, 0.2) is 23.1 Å². The number of nitrogens with two attached hydrogens (primary N) is 1. The molecule has 1 saturated heterocycles. The summed E-state index contributed by atoms with van der Waals surface area (Å²) in [6.07, 6.45) is -0.551. The van der Waals surface area contributed by atoms with E-state index in [1.165, 1.54) is 11.8 Å². The smallest absolute Gasteiger partial charge is 0.416 e. The minimum Gasteiger partial charge on any atom is -0.447 e. The number of ether oxygens (including phenoxy) is 1. The summed E-state index contributed by atoms with van der Waals surface area (Å²) in [6.45, 7) is 2.53. The van der Waals surface area contributed by atoms with Gasteiger partial charge in [0.05, 0.1) is 12.3 Å². The van der Waals surface area contributed by atoms with E-state index in [-0.39, 0.29) is 18.3 Å². The molecule has 2 amide bonds. The van der Waals surface area contributed by atoms with Crippen LogP contribution >= 0.6 is 11.8 Å². The number of nitrogen functional groups attached to an aromatic ring is 1. The van der Waals surface area contributed by atoms with E-state index in [0.29, 0.717) is 12.2 Å². The summed E-state index contributed by atoms with van der Waals surface area (Å²) in [5, 5.41) is 0. The van der Waals surface area contributed by atoms with Gasteiger partial charge < -0.3 is 10.5 Å². The van der Waals surface area contributed by atoms with Gasteiger partial charge in [-0.1, -0.05) is 6.07 Å². The van der Waals surface area contributed by atoms with Crippen molar-refractivity contribution in [1.82, 2.24) is 4.90 Å². The SMILES string of the molecule is Cc1c(N)cccc1SCC(=O)N1CCOC1=O. The summed E-state index contributed by atoms with van der Waals surface area (Å²) in [4.78, 5) is 25.1. The van der Waals surface area contributed by atoms with Crippen molar-refractivity contribution in [2.24, 2.45) is 0 Å². The minimum atomic E-state index is -0.551. The molecule has 0 spiro atoms. The van der Waals surface area contributed by atoms with Crippen LogP contribution in [-0.2, 0) is 9.53 Å². The number of anilines is 1. The molecule has 1 aliphatic heterocycles. The number of benzene rings is 1. The third kappa shape index (κ3) is 2.59. The molecule has 0 bridgehead atoms. The highest BCUT2D eigenvalue weighted by Gasteiger charge is 2.28. The molecule has 1 fully saturated rings. The fraction of sp³-hybridized carbons (Fsp3) is 0.333. The second-order valence-corrected chi connectivity index (χ2v) is 4.94. The number of cyclic esters (lactones) is 1. The monoisotopic (exact) mass is 266 g/mol. The molecule has 2 rings (SSSR count). The predicted molar refractivity (Wildman–Crippen MR) is 69.4 cm³/mol. The number of imide groups is 1. The van der Waals surface area contributed by atoms with Gasteiger partial charge in [0.2, 0.25) is 5.91 Å². The van der Waals surface area contributed by atoms with Gasteiger partial charge in [0.25, 0.3) is 0 Å². The molecule has 0 radical (unpaired) electrons. The maximum Gasteiger partial charge on any atom is 0.416 e. The van der Waals surface area contributed by atoms with Crippen LogP contribution in [0.25, 0.3) is 0 Å². The number of hydrogen-bond acceptors (Lipinski definition) is 5. The molecule has 0 unspecified atom stereocenters. The normalized spacial score (nSPS) is 14.7. The second kappa shape index (κ2) is 5.30. The largest absolute Gasteiger partial charge is 0.447 e. The Hall–Kier alpha value is -1.69. The average Bonchev–Trinajstić information content (AvgIpc) is 2.77. The molecule has 18 heavy (non-hydrogen) atoms. The maximum absolute atomic E-state index is 11.8. The molecule has 6 heteroatoms. The third-order valence-corrected chi connectivity index (χ3v) is 3.88. The Morgan fingerprint density at radius 2 is 2.33 bits per heavy atom. The highest BCUT2D eigenvalue weighted by atomic mass is 32.2. The molecule has 1 heterocycles. The number of amides is 2. The van der Waals surface area contributed by atoms with Crippen LogP contribution in [-0.4, -0.2) is 35.8 Å². The molecule has 1 aromatic rings. The Morgan fingerprint density at radius 3 is 3.00 bits per heavy atom. The van der Waals surface area contributed by atoms with Gasteiger partial charge in [-0.3, -0.25) is 4.79 Å². The lowest BCUT2D eigenvalue weighted by Crippen LogP contribution is -2.32. The standard InChI is InChI=1S/C12H14N2O3S/c1-8-9(13)3-2-4-10(8)18-7-11(15)14-5-6-17-12(14)16/h2-4H,5-7,13H2,1H3. The Labute approximate surface area is 109 Å². The molecular weight excluding hydrogens is 252 g/mol. The fourth-order valence-corrected chi connectivity index (χ4v) is 2.57. The molecule has 1 aliphatic rings. The predicted octanol–water partition coefficient (Wildman–Crippen LogP) is 1.65. The molecule has 0 aliphatic carbocycles. The van der Waals surface area contributed by atoms with E-state index < -0.39 is 6.09 Å². The highest BCUT2D eigenvalue weighted by molar-refractivity contribution is 8.00. The van der Waals surface area contributed by atoms with Gasteiger partial charge in [-0.2, -0.15) is 0 Å². The summed E-state index contributed by atoms with van der Waals surface area (Å²) in [5.74, 6) is -0.0244. The molecular formula is C12H14N2O3S. The van der Waals surface area contributed by atoms with E-state index in [2.05, 4.69) is 0 Å². The van der Waals surface area contributed by atoms with Crippen LogP contribution in [0.2, 0.25) is 0 Å². The summed E-state index contributed by atoms with van der Waals surface area (Å²) in [5.41, 5.74) is 7.45. The van der Waals surface area contributed by atoms with Crippen molar-refractivity contribution in [1.29, 1.82) is 0 Å². The van der Waals surface area contributed by atoms with Crippen LogP contribution in [0.1, 0.15) is 5.56 Å². The number of nitrogens with zero attached hydrogens (tertiary/aromatic N) is 1. The van der Waals surface area contributed by atoms with Crippen molar-refractivity contribution < 1.29 is 14.3 Å². The van der Waals surface area contributed by atoms with Crippen LogP contribution in [0.5, 0.6) is 0 Å². The number of carbonyl (C=O) groups is 2. The third-order valence-electron chi connectivity index (χ3n) is 2.74. The van der Waals surface area contributed by atoms with E-state index in [9.17, 15) is 9.59 Å².